The Hall–Kier alpha value is -0.960. The molecule has 2 nitrogen and oxygen atoms in total. The highest BCUT2D eigenvalue weighted by molar-refractivity contribution is 8.00. The Bertz CT molecular complexity index is 443. The summed E-state index contributed by atoms with van der Waals surface area (Å²) in [6, 6.07) is 8.60. The van der Waals surface area contributed by atoms with E-state index in [-0.39, 0.29) is 16.1 Å². The molecule has 1 aromatic carbocycles. The standard InChI is InChI=1S/C17H27NOS/c1-13-7-9-14(10-8-13)20-17(5,6)11-12-18-15(19)16(2,3)4/h7-10H,11-12H2,1-6H3,(H,18,19). The van der Waals surface area contributed by atoms with Crippen LogP contribution in [-0.4, -0.2) is 17.2 Å². The molecule has 0 unspecified atom stereocenters. The second kappa shape index (κ2) is 6.66. The van der Waals surface area contributed by atoms with Crippen LogP contribution in [0.25, 0.3) is 0 Å². The Kier molecular flexibility index (Phi) is 5.69. The number of benzene rings is 1. The van der Waals surface area contributed by atoms with E-state index in [2.05, 4.69) is 50.4 Å². The van der Waals surface area contributed by atoms with Gasteiger partial charge in [-0.15, -0.1) is 11.8 Å². The molecule has 0 aliphatic heterocycles. The van der Waals surface area contributed by atoms with Crippen molar-refractivity contribution in [1.29, 1.82) is 0 Å². The van der Waals surface area contributed by atoms with Crippen LogP contribution >= 0.6 is 11.8 Å². The van der Waals surface area contributed by atoms with Crippen LogP contribution in [0.15, 0.2) is 29.2 Å². The number of carbonyl (C=O) groups excluding carboxylic acids is 1. The molecule has 1 aromatic rings. The van der Waals surface area contributed by atoms with Crippen molar-refractivity contribution < 1.29 is 4.79 Å². The zero-order valence-corrected chi connectivity index (χ0v) is 14.4. The number of aryl methyl sites for hydroxylation is 1. The third-order valence-electron chi connectivity index (χ3n) is 3.11. The maximum absolute atomic E-state index is 11.8. The highest BCUT2D eigenvalue weighted by Crippen LogP contribution is 2.34. The zero-order valence-electron chi connectivity index (χ0n) is 13.5. The first-order valence-electron chi connectivity index (χ1n) is 7.14. The van der Waals surface area contributed by atoms with E-state index in [9.17, 15) is 4.79 Å². The predicted molar refractivity (Wildman–Crippen MR) is 88.2 cm³/mol. The maximum Gasteiger partial charge on any atom is 0.225 e. The van der Waals surface area contributed by atoms with Crippen molar-refractivity contribution in [3.63, 3.8) is 0 Å². The van der Waals surface area contributed by atoms with Crippen molar-refractivity contribution >= 4 is 17.7 Å². The quantitative estimate of drug-likeness (QED) is 0.814. The summed E-state index contributed by atoms with van der Waals surface area (Å²) in [4.78, 5) is 13.1. The first kappa shape index (κ1) is 17.1. The Morgan fingerprint density at radius 1 is 1.10 bits per heavy atom. The van der Waals surface area contributed by atoms with Crippen molar-refractivity contribution in [2.24, 2.45) is 5.41 Å². The van der Waals surface area contributed by atoms with Crippen LogP contribution < -0.4 is 5.32 Å². The summed E-state index contributed by atoms with van der Waals surface area (Å²) in [6.07, 6.45) is 0.952. The minimum atomic E-state index is -0.311. The molecule has 0 atom stereocenters. The van der Waals surface area contributed by atoms with E-state index in [4.69, 9.17) is 0 Å². The normalized spacial score (nSPS) is 12.3. The third kappa shape index (κ3) is 6.00. The summed E-state index contributed by atoms with van der Waals surface area (Å²) in [6.45, 7) is 13.1. The van der Waals surface area contributed by atoms with Crippen LogP contribution in [0.2, 0.25) is 0 Å². The fourth-order valence-corrected chi connectivity index (χ4v) is 2.83. The minimum absolute atomic E-state index is 0.112. The number of thioether (sulfide) groups is 1. The van der Waals surface area contributed by atoms with Gasteiger partial charge in [-0.3, -0.25) is 4.79 Å². The van der Waals surface area contributed by atoms with Gasteiger partial charge in [-0.1, -0.05) is 52.3 Å². The minimum Gasteiger partial charge on any atom is -0.356 e. The van der Waals surface area contributed by atoms with Crippen LogP contribution in [0.4, 0.5) is 0 Å². The summed E-state index contributed by atoms with van der Waals surface area (Å²) in [7, 11) is 0. The molecule has 1 rings (SSSR count). The van der Waals surface area contributed by atoms with E-state index < -0.39 is 0 Å². The molecule has 1 amide bonds. The van der Waals surface area contributed by atoms with E-state index in [1.165, 1.54) is 10.5 Å². The number of hydrogen-bond acceptors (Lipinski definition) is 2. The van der Waals surface area contributed by atoms with Gasteiger partial charge >= 0.3 is 0 Å². The number of carbonyl (C=O) groups is 1. The van der Waals surface area contributed by atoms with E-state index in [0.717, 1.165) is 13.0 Å². The Morgan fingerprint density at radius 2 is 1.65 bits per heavy atom. The molecule has 0 radical (unpaired) electrons. The molecule has 0 aliphatic carbocycles. The largest absolute Gasteiger partial charge is 0.356 e. The topological polar surface area (TPSA) is 29.1 Å². The molecule has 0 spiro atoms. The summed E-state index contributed by atoms with van der Waals surface area (Å²) >= 11 is 1.86. The summed E-state index contributed by atoms with van der Waals surface area (Å²) in [5.41, 5.74) is 0.971. The molecule has 112 valence electrons. The molecule has 0 bridgehead atoms. The molecular weight excluding hydrogens is 266 g/mol. The van der Waals surface area contributed by atoms with E-state index >= 15 is 0 Å². The molecular formula is C17H27NOS. The Balaban J connectivity index is 2.45. The van der Waals surface area contributed by atoms with Gasteiger partial charge < -0.3 is 5.32 Å². The lowest BCUT2D eigenvalue weighted by atomic mass is 9.95. The fraction of sp³-hybridized carbons (Fsp3) is 0.588. The second-order valence-corrected chi connectivity index (χ2v) is 8.71. The molecule has 0 aliphatic rings. The van der Waals surface area contributed by atoms with Gasteiger partial charge in [-0.2, -0.15) is 0 Å². The summed E-state index contributed by atoms with van der Waals surface area (Å²) in [5.74, 6) is 0.119. The van der Waals surface area contributed by atoms with Crippen LogP contribution in [0.5, 0.6) is 0 Å². The van der Waals surface area contributed by atoms with Crippen molar-refractivity contribution in [3.8, 4) is 0 Å². The molecule has 20 heavy (non-hydrogen) atoms. The van der Waals surface area contributed by atoms with Gasteiger partial charge in [0, 0.05) is 21.6 Å². The lowest BCUT2D eigenvalue weighted by molar-refractivity contribution is -0.128. The van der Waals surface area contributed by atoms with Gasteiger partial charge in [0.15, 0.2) is 0 Å². The Morgan fingerprint density at radius 3 is 2.15 bits per heavy atom. The average molecular weight is 293 g/mol. The second-order valence-electron chi connectivity index (χ2n) is 6.93. The van der Waals surface area contributed by atoms with Gasteiger partial charge in [0.05, 0.1) is 0 Å². The molecule has 0 aromatic heterocycles. The van der Waals surface area contributed by atoms with Crippen LogP contribution in [0.3, 0.4) is 0 Å². The van der Waals surface area contributed by atoms with Gasteiger partial charge in [-0.25, -0.2) is 0 Å². The van der Waals surface area contributed by atoms with Crippen molar-refractivity contribution in [2.45, 2.75) is 57.6 Å². The lowest BCUT2D eigenvalue weighted by Gasteiger charge is -2.25. The predicted octanol–water partition coefficient (Wildman–Crippen LogP) is 4.42. The third-order valence-corrected chi connectivity index (χ3v) is 4.37. The maximum atomic E-state index is 11.8. The monoisotopic (exact) mass is 293 g/mol. The lowest BCUT2D eigenvalue weighted by Crippen LogP contribution is -2.37. The van der Waals surface area contributed by atoms with Gasteiger partial charge in [-0.05, 0) is 25.5 Å². The van der Waals surface area contributed by atoms with Crippen molar-refractivity contribution in [3.05, 3.63) is 29.8 Å². The van der Waals surface area contributed by atoms with Gasteiger partial charge in [0.25, 0.3) is 0 Å². The van der Waals surface area contributed by atoms with E-state index in [1.54, 1.807) is 0 Å². The molecule has 3 heteroatoms. The Labute approximate surface area is 127 Å². The van der Waals surface area contributed by atoms with Crippen LogP contribution in [-0.2, 0) is 4.79 Å². The fourth-order valence-electron chi connectivity index (χ4n) is 1.72. The molecule has 1 N–H and O–H groups in total. The number of nitrogens with one attached hydrogen (secondary N) is 1. The number of amides is 1. The van der Waals surface area contributed by atoms with Crippen LogP contribution in [0.1, 0.15) is 46.6 Å². The molecule has 0 heterocycles. The SMILES string of the molecule is Cc1ccc(SC(C)(C)CCNC(=O)C(C)(C)C)cc1. The summed E-state index contributed by atoms with van der Waals surface area (Å²) in [5, 5.41) is 3.02. The van der Waals surface area contributed by atoms with Crippen molar-refractivity contribution in [1.82, 2.24) is 5.32 Å². The first-order chi connectivity index (χ1) is 9.10. The molecule has 0 saturated carbocycles. The van der Waals surface area contributed by atoms with Gasteiger partial charge in [0.2, 0.25) is 5.91 Å². The van der Waals surface area contributed by atoms with Gasteiger partial charge in [0.1, 0.15) is 0 Å². The average Bonchev–Trinajstić information content (AvgIpc) is 2.30. The first-order valence-corrected chi connectivity index (χ1v) is 7.96. The highest BCUT2D eigenvalue weighted by atomic mass is 32.2. The molecule has 0 fully saturated rings. The van der Waals surface area contributed by atoms with Crippen LogP contribution in [0, 0.1) is 12.3 Å². The van der Waals surface area contributed by atoms with Crippen molar-refractivity contribution in [2.75, 3.05) is 6.54 Å². The molecule has 0 saturated heterocycles. The number of hydrogen-bond donors (Lipinski definition) is 1. The number of rotatable bonds is 5. The zero-order chi connectivity index (χ0) is 15.4. The smallest absolute Gasteiger partial charge is 0.225 e. The summed E-state index contributed by atoms with van der Waals surface area (Å²) < 4.78 is 0.112. The van der Waals surface area contributed by atoms with E-state index in [0.29, 0.717) is 0 Å². The highest BCUT2D eigenvalue weighted by Gasteiger charge is 2.23. The van der Waals surface area contributed by atoms with E-state index in [1.807, 2.05) is 32.5 Å².